The lowest BCUT2D eigenvalue weighted by atomic mass is 9.93. The molecule has 1 heterocycles. The second-order valence-corrected chi connectivity index (χ2v) is 5.81. The third-order valence-electron chi connectivity index (χ3n) is 4.07. The van der Waals surface area contributed by atoms with Gasteiger partial charge in [-0.3, -0.25) is 4.79 Å². The Hall–Kier alpha value is -4.01. The van der Waals surface area contributed by atoms with Crippen molar-refractivity contribution in [3.63, 3.8) is 0 Å². The number of anilines is 1. The van der Waals surface area contributed by atoms with Crippen molar-refractivity contribution in [2.45, 2.75) is 0 Å². The number of nitrogens with two attached hydrogens (primary N) is 1. The van der Waals surface area contributed by atoms with Crippen molar-refractivity contribution in [2.24, 2.45) is 0 Å². The quantitative estimate of drug-likeness (QED) is 0.545. The summed E-state index contributed by atoms with van der Waals surface area (Å²) in [5, 5.41) is 18.9. The molecular formula is C19H12F2N2O5. The molecule has 2 aromatic carbocycles. The van der Waals surface area contributed by atoms with E-state index >= 15 is 0 Å². The number of rotatable bonds is 4. The van der Waals surface area contributed by atoms with E-state index in [4.69, 9.17) is 5.73 Å². The monoisotopic (exact) mass is 386 g/mol. The maximum absolute atomic E-state index is 14.1. The molecule has 0 aliphatic heterocycles. The Morgan fingerprint density at radius 3 is 2.18 bits per heavy atom. The molecule has 0 spiro atoms. The summed E-state index contributed by atoms with van der Waals surface area (Å²) in [5.74, 6) is -5.36. The van der Waals surface area contributed by atoms with E-state index in [2.05, 4.69) is 0 Å². The summed E-state index contributed by atoms with van der Waals surface area (Å²) in [6, 6.07) is 8.45. The predicted octanol–water partition coefficient (Wildman–Crippen LogP) is 2.97. The third-order valence-corrected chi connectivity index (χ3v) is 4.07. The van der Waals surface area contributed by atoms with Crippen LogP contribution in [0.15, 0.2) is 47.3 Å². The lowest BCUT2D eigenvalue weighted by molar-refractivity contribution is 0.0695. The highest BCUT2D eigenvalue weighted by atomic mass is 19.1. The number of nitrogens with one attached hydrogen (secondary N) is 1. The van der Waals surface area contributed by atoms with Gasteiger partial charge in [-0.2, -0.15) is 0 Å². The minimum absolute atomic E-state index is 0.00909. The molecule has 5 N–H and O–H groups in total. The van der Waals surface area contributed by atoms with Crippen LogP contribution in [0.5, 0.6) is 0 Å². The van der Waals surface area contributed by atoms with Crippen molar-refractivity contribution >= 4 is 17.8 Å². The number of benzene rings is 2. The van der Waals surface area contributed by atoms with Crippen LogP contribution in [0, 0.1) is 11.6 Å². The fourth-order valence-electron chi connectivity index (χ4n) is 2.90. The number of aromatic amines is 1. The molecule has 0 aliphatic carbocycles. The molecule has 0 fully saturated rings. The van der Waals surface area contributed by atoms with E-state index in [0.717, 1.165) is 6.07 Å². The van der Waals surface area contributed by atoms with E-state index < -0.39 is 51.6 Å². The number of halogens is 2. The maximum Gasteiger partial charge on any atom is 0.342 e. The Balaban J connectivity index is 2.35. The molecule has 0 aliphatic rings. The zero-order valence-electron chi connectivity index (χ0n) is 14.0. The van der Waals surface area contributed by atoms with Crippen molar-refractivity contribution in [2.75, 3.05) is 5.73 Å². The first-order chi connectivity index (χ1) is 13.2. The standard InChI is InChI=1S/C19H12F2N2O5/c20-10-4-5-11(12(21)7-10)8-2-1-3-9(6-8)13-14(18(25)26)16(22)23-17(24)15(13)19(27)28/h1-7H,(H,25,26)(H,27,28)(H3,22,23,24). The summed E-state index contributed by atoms with van der Waals surface area (Å²) in [7, 11) is 0. The largest absolute Gasteiger partial charge is 0.478 e. The average Bonchev–Trinajstić information content (AvgIpc) is 2.60. The van der Waals surface area contributed by atoms with Crippen LogP contribution in [0.1, 0.15) is 20.7 Å². The molecule has 28 heavy (non-hydrogen) atoms. The van der Waals surface area contributed by atoms with Crippen LogP contribution >= 0.6 is 0 Å². The van der Waals surface area contributed by atoms with Gasteiger partial charge in [-0.25, -0.2) is 18.4 Å². The topological polar surface area (TPSA) is 133 Å². The van der Waals surface area contributed by atoms with Crippen molar-refractivity contribution in [3.8, 4) is 22.3 Å². The number of aromatic nitrogens is 1. The Bertz CT molecular complexity index is 1190. The molecule has 0 bridgehead atoms. The van der Waals surface area contributed by atoms with Gasteiger partial charge >= 0.3 is 11.9 Å². The fourth-order valence-corrected chi connectivity index (χ4v) is 2.90. The van der Waals surface area contributed by atoms with Crippen LogP contribution in [-0.2, 0) is 0 Å². The number of pyridine rings is 1. The molecule has 0 amide bonds. The van der Waals surface area contributed by atoms with Crippen LogP contribution < -0.4 is 11.3 Å². The van der Waals surface area contributed by atoms with Crippen LogP contribution in [0.25, 0.3) is 22.3 Å². The first-order valence-corrected chi connectivity index (χ1v) is 7.79. The van der Waals surface area contributed by atoms with Crippen LogP contribution in [0.2, 0.25) is 0 Å². The zero-order valence-corrected chi connectivity index (χ0v) is 14.0. The van der Waals surface area contributed by atoms with Gasteiger partial charge in [0.15, 0.2) is 0 Å². The van der Waals surface area contributed by atoms with Gasteiger partial charge in [-0.05, 0) is 29.3 Å². The smallest absolute Gasteiger partial charge is 0.342 e. The number of carbonyl (C=O) groups is 2. The van der Waals surface area contributed by atoms with Crippen LogP contribution in [-0.4, -0.2) is 27.1 Å². The Morgan fingerprint density at radius 1 is 0.929 bits per heavy atom. The lowest BCUT2D eigenvalue weighted by Crippen LogP contribution is -2.24. The summed E-state index contributed by atoms with van der Waals surface area (Å²) < 4.78 is 27.3. The van der Waals surface area contributed by atoms with Crippen molar-refractivity contribution < 1.29 is 28.6 Å². The highest BCUT2D eigenvalue weighted by Gasteiger charge is 2.26. The molecule has 9 heteroatoms. The number of nitrogen functional groups attached to an aromatic ring is 1. The molecular weight excluding hydrogens is 374 g/mol. The molecule has 0 saturated heterocycles. The Morgan fingerprint density at radius 2 is 1.57 bits per heavy atom. The molecule has 3 rings (SSSR count). The number of hydrogen-bond acceptors (Lipinski definition) is 4. The summed E-state index contributed by atoms with van der Waals surface area (Å²) in [4.78, 5) is 37.3. The third kappa shape index (κ3) is 3.20. The van der Waals surface area contributed by atoms with Gasteiger partial charge in [-0.1, -0.05) is 18.2 Å². The van der Waals surface area contributed by atoms with Gasteiger partial charge in [0.05, 0.1) is 0 Å². The molecule has 7 nitrogen and oxygen atoms in total. The first kappa shape index (κ1) is 18.8. The molecule has 0 unspecified atom stereocenters. The molecule has 0 radical (unpaired) electrons. The summed E-state index contributed by atoms with van der Waals surface area (Å²) >= 11 is 0. The van der Waals surface area contributed by atoms with E-state index in [-0.39, 0.29) is 16.7 Å². The number of carboxylic acid groups (broad SMARTS) is 2. The van der Waals surface area contributed by atoms with Crippen LogP contribution in [0.3, 0.4) is 0 Å². The van der Waals surface area contributed by atoms with Crippen molar-refractivity contribution in [3.05, 3.63) is 75.6 Å². The predicted molar refractivity (Wildman–Crippen MR) is 96.2 cm³/mol. The second kappa shape index (κ2) is 6.95. The van der Waals surface area contributed by atoms with Gasteiger partial charge in [0, 0.05) is 17.2 Å². The van der Waals surface area contributed by atoms with Crippen molar-refractivity contribution in [1.82, 2.24) is 4.98 Å². The summed E-state index contributed by atoms with van der Waals surface area (Å²) in [6.07, 6.45) is 0. The van der Waals surface area contributed by atoms with Gasteiger partial charge in [-0.15, -0.1) is 0 Å². The summed E-state index contributed by atoms with van der Waals surface area (Å²) in [6.45, 7) is 0. The van der Waals surface area contributed by atoms with E-state index in [1.165, 1.54) is 30.3 Å². The van der Waals surface area contributed by atoms with Crippen LogP contribution in [0.4, 0.5) is 14.6 Å². The summed E-state index contributed by atoms with van der Waals surface area (Å²) in [5.41, 5.74) is 2.93. The number of H-pyrrole nitrogens is 1. The van der Waals surface area contributed by atoms with Gasteiger partial charge in [0.25, 0.3) is 5.56 Å². The number of carboxylic acids is 2. The SMILES string of the molecule is Nc1[nH]c(=O)c(C(=O)O)c(-c2cccc(-c3ccc(F)cc3F)c2)c1C(=O)O. The Kier molecular flexibility index (Phi) is 4.66. The molecule has 0 atom stereocenters. The van der Waals surface area contributed by atoms with Crippen molar-refractivity contribution in [1.29, 1.82) is 0 Å². The van der Waals surface area contributed by atoms with E-state index in [1.807, 2.05) is 4.98 Å². The lowest BCUT2D eigenvalue weighted by Gasteiger charge is -2.13. The number of aromatic carboxylic acids is 2. The molecule has 142 valence electrons. The van der Waals surface area contributed by atoms with E-state index in [1.54, 1.807) is 0 Å². The Labute approximate surface area is 155 Å². The maximum atomic E-state index is 14.1. The average molecular weight is 386 g/mol. The number of hydrogen-bond donors (Lipinski definition) is 4. The highest BCUT2D eigenvalue weighted by molar-refractivity contribution is 6.07. The van der Waals surface area contributed by atoms with Gasteiger partial charge in [0.1, 0.15) is 28.6 Å². The highest BCUT2D eigenvalue weighted by Crippen LogP contribution is 2.33. The minimum atomic E-state index is -1.66. The van der Waals surface area contributed by atoms with Gasteiger partial charge in [0.2, 0.25) is 0 Å². The zero-order chi connectivity index (χ0) is 20.6. The molecule has 3 aromatic rings. The van der Waals surface area contributed by atoms with Gasteiger partial charge < -0.3 is 20.9 Å². The second-order valence-electron chi connectivity index (χ2n) is 5.81. The fraction of sp³-hybridized carbons (Fsp3) is 0. The minimum Gasteiger partial charge on any atom is -0.478 e. The molecule has 0 saturated carbocycles. The first-order valence-electron chi connectivity index (χ1n) is 7.79. The van der Waals surface area contributed by atoms with E-state index in [9.17, 15) is 33.4 Å². The molecule has 1 aromatic heterocycles. The normalized spacial score (nSPS) is 10.6. The van der Waals surface area contributed by atoms with E-state index in [0.29, 0.717) is 6.07 Å².